The third kappa shape index (κ3) is 3.46. The summed E-state index contributed by atoms with van der Waals surface area (Å²) in [7, 11) is 0. The van der Waals surface area contributed by atoms with Gasteiger partial charge in [-0.2, -0.15) is 0 Å². The summed E-state index contributed by atoms with van der Waals surface area (Å²) in [5.74, 6) is -0.474. The monoisotopic (exact) mass is 348 g/mol. The predicted octanol–water partition coefficient (Wildman–Crippen LogP) is 4.22. The van der Waals surface area contributed by atoms with Crippen LogP contribution < -0.4 is 0 Å². The van der Waals surface area contributed by atoms with Crippen molar-refractivity contribution >= 4 is 11.7 Å². The molecule has 6 heteroatoms. The molecule has 0 spiro atoms. The number of hydrogen-bond donors (Lipinski definition) is 0. The van der Waals surface area contributed by atoms with E-state index in [0.29, 0.717) is 0 Å². The van der Waals surface area contributed by atoms with Crippen molar-refractivity contribution < 1.29 is 9.59 Å². The lowest BCUT2D eigenvalue weighted by atomic mass is 9.80. The smallest absolute Gasteiger partial charge is 0.229 e. The predicted molar refractivity (Wildman–Crippen MR) is 98.0 cm³/mol. The fourth-order valence-electron chi connectivity index (χ4n) is 3.64. The Labute approximate surface area is 152 Å². The number of likely N-dealkylation sites (tertiary alicyclic amines) is 1. The molecule has 1 saturated heterocycles. The number of amides is 1. The van der Waals surface area contributed by atoms with Gasteiger partial charge in [0.1, 0.15) is 12.3 Å². The number of ketones is 1. The van der Waals surface area contributed by atoms with E-state index in [4.69, 9.17) is 5.53 Å². The molecule has 0 unspecified atom stereocenters. The van der Waals surface area contributed by atoms with Crippen LogP contribution in [0.1, 0.15) is 36.6 Å². The van der Waals surface area contributed by atoms with Crippen LogP contribution >= 0.6 is 0 Å². The Morgan fingerprint density at radius 3 is 2.27 bits per heavy atom. The number of rotatable bonds is 4. The average molecular weight is 348 g/mol. The first-order chi connectivity index (χ1) is 12.6. The first-order valence-electron chi connectivity index (χ1n) is 8.58. The number of carbonyl (C=O) groups is 2. The van der Waals surface area contributed by atoms with Crippen molar-refractivity contribution in [3.63, 3.8) is 0 Å². The highest BCUT2D eigenvalue weighted by Crippen LogP contribution is 2.43. The van der Waals surface area contributed by atoms with Crippen LogP contribution in [0.5, 0.6) is 0 Å². The van der Waals surface area contributed by atoms with Crippen molar-refractivity contribution in [2.75, 3.05) is 6.54 Å². The van der Waals surface area contributed by atoms with Crippen molar-refractivity contribution in [3.8, 4) is 0 Å². The van der Waals surface area contributed by atoms with Crippen molar-refractivity contribution in [1.29, 1.82) is 0 Å². The molecule has 2 aromatic carbocycles. The second-order valence-electron chi connectivity index (χ2n) is 6.43. The van der Waals surface area contributed by atoms with E-state index in [1.54, 1.807) is 4.90 Å². The minimum atomic E-state index is -0.385. The number of nitrogens with zero attached hydrogens (tertiary/aromatic N) is 4. The van der Waals surface area contributed by atoms with Crippen LogP contribution in [0.2, 0.25) is 0 Å². The Hall–Kier alpha value is -3.11. The summed E-state index contributed by atoms with van der Waals surface area (Å²) in [6, 6.07) is 18.3. The van der Waals surface area contributed by atoms with Crippen LogP contribution in [0.4, 0.5) is 0 Å². The fourth-order valence-corrected chi connectivity index (χ4v) is 3.64. The second kappa shape index (κ2) is 7.85. The van der Waals surface area contributed by atoms with Crippen LogP contribution in [-0.2, 0) is 9.59 Å². The molecule has 3 atom stereocenters. The Kier molecular flexibility index (Phi) is 5.34. The zero-order valence-electron chi connectivity index (χ0n) is 14.5. The van der Waals surface area contributed by atoms with E-state index in [2.05, 4.69) is 10.0 Å². The average Bonchev–Trinajstić information content (AvgIpc) is 2.69. The van der Waals surface area contributed by atoms with Crippen LogP contribution in [0.3, 0.4) is 0 Å². The Morgan fingerprint density at radius 2 is 1.69 bits per heavy atom. The molecule has 0 N–H and O–H groups in total. The molecule has 0 bridgehead atoms. The number of hydrogen-bond acceptors (Lipinski definition) is 3. The normalized spacial score (nSPS) is 22.6. The van der Waals surface area contributed by atoms with E-state index in [0.717, 1.165) is 11.1 Å². The van der Waals surface area contributed by atoms with E-state index in [-0.39, 0.29) is 42.7 Å². The summed E-state index contributed by atoms with van der Waals surface area (Å²) in [6.45, 7) is 1.60. The van der Waals surface area contributed by atoms with E-state index in [1.165, 1.54) is 0 Å². The molecular formula is C20H20N4O2. The van der Waals surface area contributed by atoms with Gasteiger partial charge < -0.3 is 4.90 Å². The lowest BCUT2D eigenvalue weighted by Gasteiger charge is -2.45. The maximum Gasteiger partial charge on any atom is 0.229 e. The van der Waals surface area contributed by atoms with Gasteiger partial charge in [-0.05, 0) is 16.7 Å². The van der Waals surface area contributed by atoms with Crippen LogP contribution in [0.25, 0.3) is 10.4 Å². The number of Topliss-reactive ketones (excluding diaryl/α,β-unsaturated/α-hetero) is 1. The van der Waals surface area contributed by atoms with Gasteiger partial charge in [0.15, 0.2) is 0 Å². The fraction of sp³-hybridized carbons (Fsp3) is 0.300. The number of benzene rings is 2. The summed E-state index contributed by atoms with van der Waals surface area (Å²) in [6.07, 6.45) is 0.260. The van der Waals surface area contributed by atoms with Gasteiger partial charge in [0.05, 0.1) is 12.1 Å². The lowest BCUT2D eigenvalue weighted by Crippen LogP contribution is -2.48. The maximum atomic E-state index is 12.9. The Morgan fingerprint density at radius 1 is 1.12 bits per heavy atom. The SMILES string of the molecule is C[C@@H]1C(=O)C[C@@H](c2ccccc2)N(C(=O)CN=[N+]=[N-])[C@H]1c1ccccc1. The minimum Gasteiger partial charge on any atom is -0.327 e. The lowest BCUT2D eigenvalue weighted by molar-refractivity contribution is -0.145. The highest BCUT2D eigenvalue weighted by atomic mass is 16.2. The first kappa shape index (κ1) is 17.7. The molecular weight excluding hydrogens is 328 g/mol. The van der Waals surface area contributed by atoms with E-state index in [1.807, 2.05) is 67.6 Å². The Bertz CT molecular complexity index is 831. The summed E-state index contributed by atoms with van der Waals surface area (Å²) in [4.78, 5) is 30.1. The van der Waals surface area contributed by atoms with E-state index < -0.39 is 0 Å². The molecule has 6 nitrogen and oxygen atoms in total. The van der Waals surface area contributed by atoms with Gasteiger partial charge in [0.2, 0.25) is 5.91 Å². The molecule has 0 saturated carbocycles. The topological polar surface area (TPSA) is 86.1 Å². The number of carbonyl (C=O) groups excluding carboxylic acids is 2. The van der Waals surface area contributed by atoms with Gasteiger partial charge >= 0.3 is 0 Å². The summed E-state index contributed by atoms with van der Waals surface area (Å²) in [5.41, 5.74) is 10.4. The van der Waals surface area contributed by atoms with Gasteiger partial charge in [-0.25, -0.2) is 0 Å². The van der Waals surface area contributed by atoms with Gasteiger partial charge in [-0.15, -0.1) is 0 Å². The molecule has 132 valence electrons. The standard InChI is InChI=1S/C20H20N4O2/c1-14-18(25)12-17(15-8-4-2-5-9-15)24(19(26)13-22-23-21)20(14)16-10-6-3-7-11-16/h2-11,14,17,20H,12-13H2,1H3/t14-,17+,20-/m1/s1. The molecule has 0 aliphatic carbocycles. The summed E-state index contributed by atoms with van der Waals surface area (Å²) >= 11 is 0. The first-order valence-corrected chi connectivity index (χ1v) is 8.58. The minimum absolute atomic E-state index is 0.126. The van der Waals surface area contributed by atoms with Crippen molar-refractivity contribution in [2.45, 2.75) is 25.4 Å². The highest BCUT2D eigenvalue weighted by Gasteiger charge is 2.43. The molecule has 1 fully saturated rings. The highest BCUT2D eigenvalue weighted by molar-refractivity contribution is 5.88. The largest absolute Gasteiger partial charge is 0.327 e. The van der Waals surface area contributed by atoms with Crippen LogP contribution in [0, 0.1) is 5.92 Å². The molecule has 0 radical (unpaired) electrons. The van der Waals surface area contributed by atoms with Crippen LogP contribution in [0.15, 0.2) is 65.8 Å². The Balaban J connectivity index is 2.09. The van der Waals surface area contributed by atoms with Gasteiger partial charge in [-0.1, -0.05) is 72.7 Å². The molecule has 1 heterocycles. The molecule has 1 amide bonds. The van der Waals surface area contributed by atoms with E-state index >= 15 is 0 Å². The number of piperidine rings is 1. The molecule has 3 rings (SSSR count). The zero-order chi connectivity index (χ0) is 18.5. The molecule has 1 aliphatic rings. The molecule has 2 aromatic rings. The third-order valence-electron chi connectivity index (χ3n) is 4.89. The van der Waals surface area contributed by atoms with Gasteiger partial charge in [0.25, 0.3) is 0 Å². The van der Waals surface area contributed by atoms with Gasteiger partial charge in [0, 0.05) is 17.3 Å². The summed E-state index contributed by atoms with van der Waals surface area (Å²) < 4.78 is 0. The second-order valence-corrected chi connectivity index (χ2v) is 6.43. The van der Waals surface area contributed by atoms with Crippen LogP contribution in [-0.4, -0.2) is 23.1 Å². The maximum absolute atomic E-state index is 12.9. The molecule has 1 aliphatic heterocycles. The van der Waals surface area contributed by atoms with Gasteiger partial charge in [-0.3, -0.25) is 9.59 Å². The van der Waals surface area contributed by atoms with Crippen molar-refractivity contribution in [2.24, 2.45) is 11.0 Å². The van der Waals surface area contributed by atoms with E-state index in [9.17, 15) is 9.59 Å². The van der Waals surface area contributed by atoms with Crippen molar-refractivity contribution in [3.05, 3.63) is 82.2 Å². The zero-order valence-corrected chi connectivity index (χ0v) is 14.5. The quantitative estimate of drug-likeness (QED) is 0.470. The molecule has 0 aromatic heterocycles. The molecule has 26 heavy (non-hydrogen) atoms. The third-order valence-corrected chi connectivity index (χ3v) is 4.89. The number of azide groups is 1. The summed E-state index contributed by atoms with van der Waals surface area (Å²) in [5, 5.41) is 3.45. The van der Waals surface area contributed by atoms with Crippen molar-refractivity contribution in [1.82, 2.24) is 4.90 Å².